The lowest BCUT2D eigenvalue weighted by atomic mass is 10.1. The van der Waals surface area contributed by atoms with Gasteiger partial charge in [-0.05, 0) is 47.2 Å². The highest BCUT2D eigenvalue weighted by Crippen LogP contribution is 2.23. The third kappa shape index (κ3) is 4.68. The first-order valence-corrected chi connectivity index (χ1v) is 11.1. The molecule has 1 aliphatic rings. The minimum atomic E-state index is -0.484. The summed E-state index contributed by atoms with van der Waals surface area (Å²) < 4.78 is 5.50. The molecule has 3 aromatic carbocycles. The van der Waals surface area contributed by atoms with Crippen LogP contribution in [0, 0.1) is 0 Å². The monoisotopic (exact) mass is 456 g/mol. The van der Waals surface area contributed by atoms with Crippen molar-refractivity contribution in [2.75, 3.05) is 41.7 Å². The first-order chi connectivity index (χ1) is 16.5. The molecule has 2 N–H and O–H groups in total. The lowest BCUT2D eigenvalue weighted by Gasteiger charge is -2.35. The van der Waals surface area contributed by atoms with Gasteiger partial charge in [-0.25, -0.2) is 0 Å². The van der Waals surface area contributed by atoms with Gasteiger partial charge in [0, 0.05) is 50.2 Å². The molecule has 1 aromatic heterocycles. The molecule has 0 atom stereocenters. The van der Waals surface area contributed by atoms with Gasteiger partial charge in [-0.1, -0.05) is 35.4 Å². The number of nitrogens with zero attached hydrogens (tertiary/aromatic N) is 4. The average Bonchev–Trinajstić information content (AvgIpc) is 3.33. The van der Waals surface area contributed by atoms with Gasteiger partial charge in [0.25, 0.3) is 0 Å². The molecule has 0 saturated carbocycles. The average molecular weight is 457 g/mol. The zero-order chi connectivity index (χ0) is 23.5. The molecule has 5 rings (SSSR count). The van der Waals surface area contributed by atoms with Crippen LogP contribution in [0.5, 0.6) is 0 Å². The van der Waals surface area contributed by atoms with Crippen molar-refractivity contribution in [3.8, 4) is 0 Å². The maximum atomic E-state index is 12.6. The predicted octanol–water partition coefficient (Wildman–Crippen LogP) is 3.89. The van der Waals surface area contributed by atoms with Crippen LogP contribution in [0.25, 0.3) is 10.8 Å². The first kappa shape index (κ1) is 21.4. The molecule has 0 spiro atoms. The molecule has 2 amide bonds. The van der Waals surface area contributed by atoms with E-state index < -0.39 is 5.91 Å². The summed E-state index contributed by atoms with van der Waals surface area (Å²) in [5.74, 6) is -0.510. The normalized spacial score (nSPS) is 13.7. The topological polar surface area (TPSA) is 104 Å². The van der Waals surface area contributed by atoms with E-state index in [9.17, 15) is 9.59 Å². The van der Waals surface area contributed by atoms with Crippen LogP contribution < -0.4 is 15.5 Å². The number of hydrogen-bond acceptors (Lipinski definition) is 7. The number of hydrogen-bond donors (Lipinski definition) is 2. The van der Waals surface area contributed by atoms with Gasteiger partial charge in [0.15, 0.2) is 0 Å². The quantitative estimate of drug-likeness (QED) is 0.470. The van der Waals surface area contributed by atoms with E-state index in [1.54, 1.807) is 6.92 Å². The van der Waals surface area contributed by atoms with Gasteiger partial charge < -0.3 is 24.9 Å². The van der Waals surface area contributed by atoms with Crippen LogP contribution in [0.15, 0.2) is 71.1 Å². The molecule has 0 bridgehead atoms. The molecule has 0 radical (unpaired) electrons. The molecule has 1 aliphatic heterocycles. The van der Waals surface area contributed by atoms with E-state index in [0.29, 0.717) is 18.8 Å². The van der Waals surface area contributed by atoms with Crippen molar-refractivity contribution < 1.29 is 14.0 Å². The van der Waals surface area contributed by atoms with Crippen LogP contribution in [-0.4, -0.2) is 53.1 Å². The van der Waals surface area contributed by atoms with E-state index in [2.05, 4.69) is 25.7 Å². The number of amides is 2. The molecule has 1 fully saturated rings. The van der Waals surface area contributed by atoms with Gasteiger partial charge in [0.1, 0.15) is 0 Å². The van der Waals surface area contributed by atoms with Crippen molar-refractivity contribution in [3.63, 3.8) is 0 Å². The van der Waals surface area contributed by atoms with E-state index in [0.717, 1.165) is 35.2 Å². The molecular weight excluding hydrogens is 432 g/mol. The highest BCUT2D eigenvalue weighted by Gasteiger charge is 2.19. The second-order valence-electron chi connectivity index (χ2n) is 8.09. The fourth-order valence-corrected chi connectivity index (χ4v) is 3.98. The summed E-state index contributed by atoms with van der Waals surface area (Å²) in [4.78, 5) is 28.1. The Morgan fingerprint density at radius 3 is 2.29 bits per heavy atom. The number of carbonyl (C=O) groups is 2. The maximum Gasteiger partial charge on any atom is 0.320 e. The van der Waals surface area contributed by atoms with E-state index in [1.807, 2.05) is 71.6 Å². The fourth-order valence-electron chi connectivity index (χ4n) is 3.98. The predicted molar refractivity (Wildman–Crippen MR) is 130 cm³/mol. The number of nitrogens with one attached hydrogen (secondary N) is 2. The summed E-state index contributed by atoms with van der Waals surface area (Å²) >= 11 is 0. The number of aromatic nitrogens is 2. The van der Waals surface area contributed by atoms with Crippen LogP contribution in [-0.2, 0) is 4.79 Å². The third-order valence-corrected chi connectivity index (χ3v) is 5.84. The van der Waals surface area contributed by atoms with Crippen LogP contribution in [0.3, 0.4) is 0 Å². The highest BCUT2D eigenvalue weighted by molar-refractivity contribution is 6.01. The Bertz CT molecular complexity index is 1330. The number of carbonyl (C=O) groups excluding carboxylic acids is 2. The van der Waals surface area contributed by atoms with E-state index in [4.69, 9.17) is 4.42 Å². The van der Waals surface area contributed by atoms with Gasteiger partial charge in [0.2, 0.25) is 5.91 Å². The zero-order valence-corrected chi connectivity index (χ0v) is 18.7. The Morgan fingerprint density at radius 1 is 0.853 bits per heavy atom. The van der Waals surface area contributed by atoms with Crippen LogP contribution in [0.2, 0.25) is 0 Å². The fraction of sp³-hybridized carbons (Fsp3) is 0.200. The lowest BCUT2D eigenvalue weighted by molar-refractivity contribution is -0.129. The van der Waals surface area contributed by atoms with Crippen LogP contribution in [0.4, 0.5) is 23.1 Å². The van der Waals surface area contributed by atoms with Crippen molar-refractivity contribution in [2.45, 2.75) is 6.92 Å². The number of benzene rings is 3. The maximum absolute atomic E-state index is 12.6. The molecule has 4 aromatic rings. The minimum absolute atomic E-state index is 0.106. The molecule has 34 heavy (non-hydrogen) atoms. The molecule has 2 heterocycles. The number of rotatable bonds is 5. The standard InChI is InChI=1S/C25H24N6O3/c1-17(32)30-12-14-31(15-13-30)22-10-8-20(9-11-22)26-23(33)24-28-29-25(34-24)27-21-7-6-18-4-2-3-5-19(18)16-21/h2-11,16H,12-15H2,1H3,(H,26,33)(H,27,29). The molecular formula is C25H24N6O3. The summed E-state index contributed by atoms with van der Waals surface area (Å²) in [5, 5.41) is 15.8. The van der Waals surface area contributed by atoms with E-state index >= 15 is 0 Å². The van der Waals surface area contributed by atoms with Crippen LogP contribution in [0.1, 0.15) is 17.6 Å². The van der Waals surface area contributed by atoms with Gasteiger partial charge in [-0.3, -0.25) is 9.59 Å². The second-order valence-corrected chi connectivity index (χ2v) is 8.09. The molecule has 0 unspecified atom stereocenters. The molecule has 1 saturated heterocycles. The zero-order valence-electron chi connectivity index (χ0n) is 18.7. The second kappa shape index (κ2) is 9.22. The van der Waals surface area contributed by atoms with Gasteiger partial charge in [0.05, 0.1) is 0 Å². The SMILES string of the molecule is CC(=O)N1CCN(c2ccc(NC(=O)c3nnc(Nc4ccc5ccccc5c4)o3)cc2)CC1. The Kier molecular flexibility index (Phi) is 5.82. The smallest absolute Gasteiger partial charge is 0.320 e. The summed E-state index contributed by atoms with van der Waals surface area (Å²) in [6, 6.07) is 21.6. The Balaban J connectivity index is 1.19. The lowest BCUT2D eigenvalue weighted by Crippen LogP contribution is -2.48. The number of anilines is 4. The summed E-state index contributed by atoms with van der Waals surface area (Å²) in [5.41, 5.74) is 2.45. The molecule has 172 valence electrons. The van der Waals surface area contributed by atoms with Crippen LogP contribution >= 0.6 is 0 Å². The minimum Gasteiger partial charge on any atom is -0.399 e. The Hall–Kier alpha value is -4.40. The Morgan fingerprint density at radius 2 is 1.56 bits per heavy atom. The summed E-state index contributed by atoms with van der Waals surface area (Å²) in [7, 11) is 0. The molecule has 9 nitrogen and oxygen atoms in total. The van der Waals surface area contributed by atoms with Crippen molar-refractivity contribution in [2.24, 2.45) is 0 Å². The third-order valence-electron chi connectivity index (χ3n) is 5.84. The van der Waals surface area contributed by atoms with E-state index in [-0.39, 0.29) is 17.8 Å². The van der Waals surface area contributed by atoms with Gasteiger partial charge in [-0.2, -0.15) is 0 Å². The van der Waals surface area contributed by atoms with Gasteiger partial charge in [-0.15, -0.1) is 5.10 Å². The summed E-state index contributed by atoms with van der Waals surface area (Å²) in [6.45, 7) is 4.57. The van der Waals surface area contributed by atoms with Crippen molar-refractivity contribution in [1.29, 1.82) is 0 Å². The van der Waals surface area contributed by atoms with Crippen molar-refractivity contribution >= 4 is 45.7 Å². The largest absolute Gasteiger partial charge is 0.399 e. The number of piperazine rings is 1. The van der Waals surface area contributed by atoms with Gasteiger partial charge >= 0.3 is 17.8 Å². The first-order valence-electron chi connectivity index (χ1n) is 11.1. The highest BCUT2D eigenvalue weighted by atomic mass is 16.4. The molecule has 9 heteroatoms. The number of fused-ring (bicyclic) bond motifs is 1. The summed E-state index contributed by atoms with van der Waals surface area (Å²) in [6.07, 6.45) is 0. The van der Waals surface area contributed by atoms with Crippen molar-refractivity contribution in [3.05, 3.63) is 72.6 Å². The molecule has 0 aliphatic carbocycles. The van der Waals surface area contributed by atoms with E-state index in [1.165, 1.54) is 0 Å². The van der Waals surface area contributed by atoms with Crippen molar-refractivity contribution in [1.82, 2.24) is 15.1 Å². The Labute approximate surface area is 196 Å².